The van der Waals surface area contributed by atoms with Gasteiger partial charge in [-0.3, -0.25) is 0 Å². The maximum atomic E-state index is 9.23. The molecule has 19 heavy (non-hydrogen) atoms. The van der Waals surface area contributed by atoms with Crippen LogP contribution >= 0.6 is 0 Å². The van der Waals surface area contributed by atoms with Crippen molar-refractivity contribution in [3.63, 3.8) is 0 Å². The van der Waals surface area contributed by atoms with Crippen molar-refractivity contribution in [3.8, 4) is 6.07 Å². The number of nitrogens with zero attached hydrogens (tertiary/aromatic N) is 3. The molecule has 0 bridgehead atoms. The van der Waals surface area contributed by atoms with E-state index in [0.29, 0.717) is 12.1 Å². The van der Waals surface area contributed by atoms with E-state index >= 15 is 0 Å². The number of benzene rings is 1. The molecule has 1 N–H and O–H groups in total. The molecule has 1 aromatic rings. The van der Waals surface area contributed by atoms with Gasteiger partial charge in [-0.05, 0) is 33.2 Å². The third-order valence-electron chi connectivity index (χ3n) is 3.41. The second-order valence-corrected chi connectivity index (χ2v) is 5.56. The summed E-state index contributed by atoms with van der Waals surface area (Å²) >= 11 is 0. The molecule has 0 saturated carbocycles. The minimum Gasteiger partial charge on any atom is -0.367 e. The number of para-hydroxylation sites is 1. The van der Waals surface area contributed by atoms with E-state index in [9.17, 15) is 5.26 Å². The van der Waals surface area contributed by atoms with Crippen LogP contribution in [0.3, 0.4) is 0 Å². The van der Waals surface area contributed by atoms with Crippen molar-refractivity contribution in [1.29, 1.82) is 5.26 Å². The van der Waals surface area contributed by atoms with Crippen molar-refractivity contribution < 1.29 is 0 Å². The van der Waals surface area contributed by atoms with Gasteiger partial charge in [-0.25, -0.2) is 0 Å². The standard InChI is InChI=1S/C15H22N4/c1-12-9-19(11-14(17-12)10-18(2)3)15-7-5-4-6-13(15)8-16/h4-7,12,14,17H,9-11H2,1-3H3. The van der Waals surface area contributed by atoms with Gasteiger partial charge in [0.1, 0.15) is 6.07 Å². The van der Waals surface area contributed by atoms with Gasteiger partial charge in [0, 0.05) is 31.7 Å². The molecule has 2 atom stereocenters. The summed E-state index contributed by atoms with van der Waals surface area (Å²) in [6.45, 7) is 5.10. The van der Waals surface area contributed by atoms with Crippen molar-refractivity contribution in [2.75, 3.05) is 38.6 Å². The highest BCUT2D eigenvalue weighted by atomic mass is 15.2. The first-order valence-corrected chi connectivity index (χ1v) is 6.75. The molecule has 4 nitrogen and oxygen atoms in total. The topological polar surface area (TPSA) is 42.3 Å². The van der Waals surface area contributed by atoms with Gasteiger partial charge >= 0.3 is 0 Å². The van der Waals surface area contributed by atoms with Gasteiger partial charge in [-0.15, -0.1) is 0 Å². The van der Waals surface area contributed by atoms with Crippen molar-refractivity contribution in [2.45, 2.75) is 19.0 Å². The maximum Gasteiger partial charge on any atom is 0.101 e. The van der Waals surface area contributed by atoms with E-state index in [4.69, 9.17) is 0 Å². The van der Waals surface area contributed by atoms with Crippen LogP contribution in [-0.4, -0.2) is 50.7 Å². The summed E-state index contributed by atoms with van der Waals surface area (Å²) in [6.07, 6.45) is 0. The van der Waals surface area contributed by atoms with Crippen LogP contribution in [0.1, 0.15) is 12.5 Å². The summed E-state index contributed by atoms with van der Waals surface area (Å²) in [7, 11) is 4.18. The minimum atomic E-state index is 0.436. The highest BCUT2D eigenvalue weighted by molar-refractivity contribution is 5.59. The molecule has 0 spiro atoms. The van der Waals surface area contributed by atoms with Gasteiger partial charge in [-0.1, -0.05) is 12.1 Å². The summed E-state index contributed by atoms with van der Waals surface area (Å²) in [4.78, 5) is 4.53. The van der Waals surface area contributed by atoms with E-state index < -0.39 is 0 Å². The van der Waals surface area contributed by atoms with Crippen molar-refractivity contribution >= 4 is 5.69 Å². The average Bonchev–Trinajstić information content (AvgIpc) is 2.37. The number of nitriles is 1. The van der Waals surface area contributed by atoms with E-state index in [1.54, 1.807) is 0 Å². The zero-order chi connectivity index (χ0) is 13.8. The minimum absolute atomic E-state index is 0.436. The lowest BCUT2D eigenvalue weighted by Crippen LogP contribution is -2.58. The molecule has 1 fully saturated rings. The van der Waals surface area contributed by atoms with Crippen molar-refractivity contribution in [3.05, 3.63) is 29.8 Å². The predicted octanol–water partition coefficient (Wildman–Crippen LogP) is 1.29. The number of nitrogens with one attached hydrogen (secondary N) is 1. The fourth-order valence-corrected chi connectivity index (χ4v) is 2.77. The van der Waals surface area contributed by atoms with Crippen LogP contribution in [0.25, 0.3) is 0 Å². The quantitative estimate of drug-likeness (QED) is 0.887. The van der Waals surface area contributed by atoms with Crippen LogP contribution in [0, 0.1) is 11.3 Å². The Morgan fingerprint density at radius 1 is 1.37 bits per heavy atom. The smallest absolute Gasteiger partial charge is 0.101 e. The SMILES string of the molecule is CC1CN(c2ccccc2C#N)CC(CN(C)C)N1. The Bertz CT molecular complexity index is 461. The Morgan fingerprint density at radius 3 is 2.79 bits per heavy atom. The number of hydrogen-bond donors (Lipinski definition) is 1. The Labute approximate surface area is 115 Å². The van der Waals surface area contributed by atoms with Gasteiger partial charge in [0.15, 0.2) is 0 Å². The lowest BCUT2D eigenvalue weighted by Gasteiger charge is -2.40. The molecule has 1 heterocycles. The predicted molar refractivity (Wildman–Crippen MR) is 78.3 cm³/mol. The number of likely N-dealkylation sites (N-methyl/N-ethyl adjacent to an activating group) is 1. The van der Waals surface area contributed by atoms with Crippen molar-refractivity contribution in [2.24, 2.45) is 0 Å². The molecule has 102 valence electrons. The molecule has 1 aliphatic heterocycles. The van der Waals surface area contributed by atoms with Gasteiger partial charge in [-0.2, -0.15) is 5.26 Å². The number of rotatable bonds is 3. The zero-order valence-corrected chi connectivity index (χ0v) is 11.9. The van der Waals surface area contributed by atoms with E-state index in [2.05, 4.69) is 42.2 Å². The summed E-state index contributed by atoms with van der Waals surface area (Å²) in [5.41, 5.74) is 1.82. The van der Waals surface area contributed by atoms with E-state index in [1.807, 2.05) is 24.3 Å². The molecule has 0 radical (unpaired) electrons. The molecule has 1 aliphatic rings. The van der Waals surface area contributed by atoms with Crippen LogP contribution in [0.4, 0.5) is 5.69 Å². The number of hydrogen-bond acceptors (Lipinski definition) is 4. The van der Waals surface area contributed by atoms with E-state index in [1.165, 1.54) is 0 Å². The van der Waals surface area contributed by atoms with E-state index in [-0.39, 0.29) is 0 Å². The largest absolute Gasteiger partial charge is 0.367 e. The molecular weight excluding hydrogens is 236 g/mol. The molecule has 0 amide bonds. The Kier molecular flexibility index (Phi) is 4.41. The van der Waals surface area contributed by atoms with Crippen LogP contribution in [0.15, 0.2) is 24.3 Å². The van der Waals surface area contributed by atoms with Gasteiger partial charge in [0.2, 0.25) is 0 Å². The lowest BCUT2D eigenvalue weighted by atomic mass is 10.1. The molecule has 0 aromatic heterocycles. The molecular formula is C15H22N4. The summed E-state index contributed by atoms with van der Waals surface area (Å²) in [6, 6.07) is 11.0. The summed E-state index contributed by atoms with van der Waals surface area (Å²) in [5.74, 6) is 0. The molecule has 2 rings (SSSR count). The lowest BCUT2D eigenvalue weighted by molar-refractivity contribution is 0.297. The third-order valence-corrected chi connectivity index (χ3v) is 3.41. The number of piperazine rings is 1. The molecule has 2 unspecified atom stereocenters. The second kappa shape index (κ2) is 6.05. The summed E-state index contributed by atoms with van der Waals surface area (Å²) in [5, 5.41) is 12.8. The zero-order valence-electron chi connectivity index (χ0n) is 11.9. The fraction of sp³-hybridized carbons (Fsp3) is 0.533. The first-order chi connectivity index (χ1) is 9.10. The van der Waals surface area contributed by atoms with Crippen molar-refractivity contribution in [1.82, 2.24) is 10.2 Å². The maximum absolute atomic E-state index is 9.23. The molecule has 1 aromatic carbocycles. The van der Waals surface area contributed by atoms with Gasteiger partial charge in [0.25, 0.3) is 0 Å². The molecule has 0 aliphatic carbocycles. The van der Waals surface area contributed by atoms with Crippen LogP contribution in [-0.2, 0) is 0 Å². The first-order valence-electron chi connectivity index (χ1n) is 6.75. The normalized spacial score (nSPS) is 23.4. The van der Waals surface area contributed by atoms with Crippen LogP contribution in [0.2, 0.25) is 0 Å². The molecule has 4 heteroatoms. The monoisotopic (exact) mass is 258 g/mol. The van der Waals surface area contributed by atoms with Crippen LogP contribution < -0.4 is 10.2 Å². The Hall–Kier alpha value is -1.57. The average molecular weight is 258 g/mol. The Balaban J connectivity index is 2.17. The highest BCUT2D eigenvalue weighted by Crippen LogP contribution is 2.22. The molecule has 1 saturated heterocycles. The third kappa shape index (κ3) is 3.46. The van der Waals surface area contributed by atoms with Gasteiger partial charge in [0.05, 0.1) is 11.3 Å². The highest BCUT2D eigenvalue weighted by Gasteiger charge is 2.25. The fourth-order valence-electron chi connectivity index (χ4n) is 2.77. The Morgan fingerprint density at radius 2 is 2.11 bits per heavy atom. The summed E-state index contributed by atoms with van der Waals surface area (Å²) < 4.78 is 0. The van der Waals surface area contributed by atoms with Gasteiger partial charge < -0.3 is 15.1 Å². The first kappa shape index (κ1) is 13.9. The van der Waals surface area contributed by atoms with Crippen LogP contribution in [0.5, 0.6) is 0 Å². The number of anilines is 1. The second-order valence-electron chi connectivity index (χ2n) is 5.56. The van der Waals surface area contributed by atoms with E-state index in [0.717, 1.165) is 30.9 Å².